The highest BCUT2D eigenvalue weighted by molar-refractivity contribution is 6.31. The molecule has 138 valence electrons. The molecule has 2 heterocycles. The number of fused-ring (bicyclic) bond motifs is 1. The van der Waals surface area contributed by atoms with Gasteiger partial charge in [-0.25, -0.2) is 0 Å². The first-order chi connectivity index (χ1) is 12.7. The third-order valence-electron chi connectivity index (χ3n) is 6.04. The fraction of sp³-hybridized carbons (Fsp3) is 0.500. The third-order valence-corrected chi connectivity index (χ3v) is 6.28. The predicted molar refractivity (Wildman–Crippen MR) is 108 cm³/mol. The number of nitrogens with zero attached hydrogens (tertiary/aromatic N) is 1. The van der Waals surface area contributed by atoms with Crippen LogP contribution in [-0.2, 0) is 4.79 Å². The molecule has 26 heavy (non-hydrogen) atoms. The molecule has 0 radical (unpaired) electrons. The molecule has 0 unspecified atom stereocenters. The maximum absolute atomic E-state index is 12.6. The zero-order chi connectivity index (χ0) is 17.9. The molecule has 0 bridgehead atoms. The van der Waals surface area contributed by atoms with Crippen molar-refractivity contribution in [1.29, 1.82) is 0 Å². The minimum absolute atomic E-state index is 0.327. The summed E-state index contributed by atoms with van der Waals surface area (Å²) in [6.07, 6.45) is 13.7. The van der Waals surface area contributed by atoms with Gasteiger partial charge >= 0.3 is 0 Å². The lowest BCUT2D eigenvalue weighted by atomic mass is 9.86. The normalized spacial score (nSPS) is 19.0. The molecular formula is C22H27ClN2O. The van der Waals surface area contributed by atoms with Crippen molar-refractivity contribution in [1.82, 2.24) is 9.88 Å². The summed E-state index contributed by atoms with van der Waals surface area (Å²) in [6.45, 7) is 1.55. The molecule has 4 rings (SSSR count). The number of rotatable bonds is 4. The average molecular weight is 371 g/mol. The lowest BCUT2D eigenvalue weighted by Crippen LogP contribution is -2.34. The topological polar surface area (TPSA) is 36.1 Å². The molecule has 3 nitrogen and oxygen atoms in total. The zero-order valence-corrected chi connectivity index (χ0v) is 16.0. The van der Waals surface area contributed by atoms with E-state index in [9.17, 15) is 4.79 Å². The number of nitrogens with one attached hydrogen (secondary N) is 1. The molecule has 1 fully saturated rings. The van der Waals surface area contributed by atoms with Crippen molar-refractivity contribution >= 4 is 34.0 Å². The van der Waals surface area contributed by atoms with E-state index in [1.807, 2.05) is 23.1 Å². The molecule has 1 N–H and O–H groups in total. The number of benzene rings is 1. The maximum atomic E-state index is 12.6. The lowest BCUT2D eigenvalue weighted by Gasteiger charge is -2.28. The summed E-state index contributed by atoms with van der Waals surface area (Å²) >= 11 is 6.16. The van der Waals surface area contributed by atoms with Gasteiger partial charge in [-0.05, 0) is 42.5 Å². The van der Waals surface area contributed by atoms with Crippen molar-refractivity contribution in [3.8, 4) is 0 Å². The van der Waals surface area contributed by atoms with Crippen LogP contribution in [0.4, 0.5) is 0 Å². The number of halogens is 1. The van der Waals surface area contributed by atoms with E-state index in [-0.39, 0.29) is 0 Å². The van der Waals surface area contributed by atoms with Crippen molar-refractivity contribution in [2.75, 3.05) is 13.1 Å². The van der Waals surface area contributed by atoms with E-state index < -0.39 is 0 Å². The fourth-order valence-corrected chi connectivity index (χ4v) is 4.63. The predicted octanol–water partition coefficient (Wildman–Crippen LogP) is 5.80. The number of aromatic amines is 1. The van der Waals surface area contributed by atoms with Crippen molar-refractivity contribution in [2.24, 2.45) is 5.92 Å². The molecule has 0 saturated heterocycles. The van der Waals surface area contributed by atoms with Gasteiger partial charge in [0.05, 0.1) is 0 Å². The number of carbonyl (C=O) groups excluding carboxylic acids is 1. The average Bonchev–Trinajstić information content (AvgIpc) is 3.10. The Kier molecular flexibility index (Phi) is 5.35. The van der Waals surface area contributed by atoms with Crippen LogP contribution in [0, 0.1) is 5.92 Å². The van der Waals surface area contributed by atoms with Crippen molar-refractivity contribution in [3.05, 3.63) is 41.1 Å². The monoisotopic (exact) mass is 370 g/mol. The molecule has 1 amide bonds. The number of carbonyl (C=O) groups is 1. The Morgan fingerprint density at radius 3 is 2.85 bits per heavy atom. The van der Waals surface area contributed by atoms with Crippen molar-refractivity contribution < 1.29 is 4.79 Å². The molecule has 2 aromatic rings. The van der Waals surface area contributed by atoms with Crippen LogP contribution >= 0.6 is 11.6 Å². The summed E-state index contributed by atoms with van der Waals surface area (Å²) < 4.78 is 0. The standard InChI is InChI=1S/C22H27ClN2O/c23-18-7-8-21-19(14-18)20(15-24-21)17-10-12-25(13-11-17)22(26)9-6-16-4-2-1-3-5-16/h7-8,10,14-16,24H,1-6,9,11-13H2. The summed E-state index contributed by atoms with van der Waals surface area (Å²) in [5.74, 6) is 1.10. The number of H-pyrrole nitrogens is 1. The van der Waals surface area contributed by atoms with Crippen LogP contribution in [0.15, 0.2) is 30.5 Å². The first-order valence-electron chi connectivity index (χ1n) is 9.94. The second kappa shape index (κ2) is 7.87. The van der Waals surface area contributed by atoms with Crippen LogP contribution in [0.1, 0.15) is 56.9 Å². The van der Waals surface area contributed by atoms with Crippen LogP contribution in [0.2, 0.25) is 5.02 Å². The summed E-state index contributed by atoms with van der Waals surface area (Å²) in [7, 11) is 0. The quantitative estimate of drug-likeness (QED) is 0.725. The minimum Gasteiger partial charge on any atom is -0.361 e. The van der Waals surface area contributed by atoms with Gasteiger partial charge in [0.25, 0.3) is 0 Å². The van der Waals surface area contributed by atoms with Gasteiger partial charge in [0.2, 0.25) is 5.91 Å². The minimum atomic E-state index is 0.327. The second-order valence-electron chi connectivity index (χ2n) is 7.75. The summed E-state index contributed by atoms with van der Waals surface area (Å²) in [5, 5.41) is 1.93. The van der Waals surface area contributed by atoms with Crippen LogP contribution in [-0.4, -0.2) is 28.9 Å². The Balaban J connectivity index is 1.38. The molecule has 1 aliphatic heterocycles. The third kappa shape index (κ3) is 3.83. The Morgan fingerprint density at radius 2 is 2.08 bits per heavy atom. The van der Waals surface area contributed by atoms with E-state index in [2.05, 4.69) is 17.3 Å². The SMILES string of the molecule is O=C(CCC1CCCCC1)N1CC=C(c2c[nH]c3ccc(Cl)cc23)CC1. The van der Waals surface area contributed by atoms with Gasteiger partial charge < -0.3 is 9.88 Å². The first kappa shape index (κ1) is 17.7. The second-order valence-corrected chi connectivity index (χ2v) is 8.19. The van der Waals surface area contributed by atoms with E-state index >= 15 is 0 Å². The molecule has 0 atom stereocenters. The Morgan fingerprint density at radius 1 is 1.23 bits per heavy atom. The molecular weight excluding hydrogens is 344 g/mol. The molecule has 1 aromatic carbocycles. The molecule has 1 aliphatic carbocycles. The number of amides is 1. The Hall–Kier alpha value is -1.74. The van der Waals surface area contributed by atoms with E-state index in [1.165, 1.54) is 48.6 Å². The largest absolute Gasteiger partial charge is 0.361 e. The first-order valence-corrected chi connectivity index (χ1v) is 10.3. The number of hydrogen-bond donors (Lipinski definition) is 1. The Bertz CT molecular complexity index is 817. The lowest BCUT2D eigenvalue weighted by molar-refractivity contribution is -0.131. The van der Waals surface area contributed by atoms with Gasteiger partial charge in [0.1, 0.15) is 0 Å². The summed E-state index contributed by atoms with van der Waals surface area (Å²) in [4.78, 5) is 17.9. The molecule has 4 heteroatoms. The van der Waals surface area contributed by atoms with Crippen molar-refractivity contribution in [2.45, 2.75) is 51.4 Å². The smallest absolute Gasteiger partial charge is 0.222 e. The van der Waals surface area contributed by atoms with Crippen LogP contribution in [0.3, 0.4) is 0 Å². The number of aromatic nitrogens is 1. The van der Waals surface area contributed by atoms with Crippen LogP contribution in [0.25, 0.3) is 16.5 Å². The Labute approximate surface area is 160 Å². The highest BCUT2D eigenvalue weighted by atomic mass is 35.5. The molecule has 1 aromatic heterocycles. The highest BCUT2D eigenvalue weighted by Gasteiger charge is 2.21. The summed E-state index contributed by atoms with van der Waals surface area (Å²) in [6, 6.07) is 5.95. The van der Waals surface area contributed by atoms with Crippen LogP contribution in [0.5, 0.6) is 0 Å². The highest BCUT2D eigenvalue weighted by Crippen LogP contribution is 2.31. The zero-order valence-electron chi connectivity index (χ0n) is 15.3. The molecule has 0 spiro atoms. The van der Waals surface area contributed by atoms with Gasteiger partial charge in [-0.2, -0.15) is 0 Å². The van der Waals surface area contributed by atoms with Gasteiger partial charge in [-0.15, -0.1) is 0 Å². The molecule has 2 aliphatic rings. The van der Waals surface area contributed by atoms with E-state index in [0.717, 1.165) is 48.8 Å². The number of hydrogen-bond acceptors (Lipinski definition) is 1. The summed E-state index contributed by atoms with van der Waals surface area (Å²) in [5.41, 5.74) is 3.64. The van der Waals surface area contributed by atoms with Gasteiger partial charge in [-0.1, -0.05) is 49.8 Å². The van der Waals surface area contributed by atoms with E-state index in [0.29, 0.717) is 5.91 Å². The van der Waals surface area contributed by atoms with Gasteiger partial charge in [0, 0.05) is 47.2 Å². The van der Waals surface area contributed by atoms with Gasteiger partial charge in [-0.3, -0.25) is 4.79 Å². The van der Waals surface area contributed by atoms with E-state index in [4.69, 9.17) is 11.6 Å². The van der Waals surface area contributed by atoms with Crippen molar-refractivity contribution in [3.63, 3.8) is 0 Å². The maximum Gasteiger partial charge on any atom is 0.222 e. The van der Waals surface area contributed by atoms with Gasteiger partial charge in [0.15, 0.2) is 0 Å². The van der Waals surface area contributed by atoms with E-state index in [1.54, 1.807) is 0 Å². The fourth-order valence-electron chi connectivity index (χ4n) is 4.46. The molecule has 1 saturated carbocycles. The van der Waals surface area contributed by atoms with Crippen LogP contribution < -0.4 is 0 Å².